The third kappa shape index (κ3) is 5.92. The van der Waals surface area contributed by atoms with Crippen molar-refractivity contribution >= 4 is 55.9 Å². The van der Waals surface area contributed by atoms with Crippen molar-refractivity contribution in [2.24, 2.45) is 0 Å². The van der Waals surface area contributed by atoms with Crippen molar-refractivity contribution < 1.29 is 32.3 Å². The Balaban J connectivity index is 1.59. The maximum atomic E-state index is 13.1. The first-order valence-corrected chi connectivity index (χ1v) is 11.4. The van der Waals surface area contributed by atoms with E-state index < -0.39 is 29.5 Å². The molecule has 0 aliphatic heterocycles. The number of aromatic nitrogens is 1. The summed E-state index contributed by atoms with van der Waals surface area (Å²) in [6, 6.07) is 17.0. The normalized spacial score (nSPS) is 11.2. The van der Waals surface area contributed by atoms with E-state index in [9.17, 15) is 27.6 Å². The van der Waals surface area contributed by atoms with E-state index in [4.69, 9.17) is 4.74 Å². The number of fused-ring (bicyclic) bond motifs is 1. The zero-order valence-corrected chi connectivity index (χ0v) is 20.6. The van der Waals surface area contributed by atoms with Crippen molar-refractivity contribution in [1.82, 2.24) is 4.68 Å². The monoisotopic (exact) mass is 574 g/mol. The molecule has 1 heterocycles. The van der Waals surface area contributed by atoms with Crippen LogP contribution < -0.4 is 20.8 Å². The van der Waals surface area contributed by atoms with Gasteiger partial charge in [-0.25, -0.2) is 4.68 Å². The molecule has 190 valence electrons. The van der Waals surface area contributed by atoms with Crippen LogP contribution in [0.5, 0.6) is 5.75 Å². The Kier molecular flexibility index (Phi) is 7.21. The van der Waals surface area contributed by atoms with Crippen LogP contribution in [0.1, 0.15) is 16.1 Å². The van der Waals surface area contributed by atoms with E-state index in [1.807, 2.05) is 0 Å². The SMILES string of the molecule is COc1ccc(NC(=O)c2cc3cc(Br)ccc3n2NC(=O)C(=O)Nc2cccc(C(F)(F)F)c2)cc1. The summed E-state index contributed by atoms with van der Waals surface area (Å²) in [5.41, 5.74) is 2.02. The fraction of sp³-hybridized carbons (Fsp3) is 0.0800. The smallest absolute Gasteiger partial charge is 0.416 e. The first-order valence-electron chi connectivity index (χ1n) is 10.6. The van der Waals surface area contributed by atoms with Crippen LogP contribution in [-0.4, -0.2) is 29.5 Å². The largest absolute Gasteiger partial charge is 0.497 e. The Morgan fingerprint density at radius 2 is 1.59 bits per heavy atom. The second-order valence-electron chi connectivity index (χ2n) is 7.72. The van der Waals surface area contributed by atoms with Crippen molar-refractivity contribution in [3.05, 3.63) is 88.5 Å². The first-order chi connectivity index (χ1) is 17.5. The number of nitrogens with zero attached hydrogens (tertiary/aromatic N) is 1. The van der Waals surface area contributed by atoms with Crippen LogP contribution in [0, 0.1) is 0 Å². The van der Waals surface area contributed by atoms with Gasteiger partial charge in [0.25, 0.3) is 5.91 Å². The molecule has 0 spiro atoms. The highest BCUT2D eigenvalue weighted by atomic mass is 79.9. The molecule has 3 amide bonds. The number of amides is 3. The van der Waals surface area contributed by atoms with Crippen molar-refractivity contribution in [3.8, 4) is 5.75 Å². The van der Waals surface area contributed by atoms with Gasteiger partial charge in [0.2, 0.25) is 0 Å². The van der Waals surface area contributed by atoms with E-state index in [0.29, 0.717) is 32.9 Å². The number of methoxy groups -OCH3 is 1. The van der Waals surface area contributed by atoms with Gasteiger partial charge in [0.15, 0.2) is 0 Å². The average Bonchev–Trinajstić information content (AvgIpc) is 3.21. The molecule has 0 saturated heterocycles. The summed E-state index contributed by atoms with van der Waals surface area (Å²) in [6.07, 6.45) is -4.62. The van der Waals surface area contributed by atoms with E-state index in [-0.39, 0.29) is 11.4 Å². The van der Waals surface area contributed by atoms with Gasteiger partial charge in [-0.1, -0.05) is 22.0 Å². The van der Waals surface area contributed by atoms with E-state index in [2.05, 4.69) is 32.0 Å². The number of alkyl halides is 3. The van der Waals surface area contributed by atoms with Gasteiger partial charge in [0.1, 0.15) is 11.4 Å². The molecule has 0 unspecified atom stereocenters. The summed E-state index contributed by atoms with van der Waals surface area (Å²) >= 11 is 3.35. The maximum Gasteiger partial charge on any atom is 0.416 e. The second-order valence-corrected chi connectivity index (χ2v) is 8.64. The Bertz CT molecular complexity index is 1500. The molecule has 0 saturated carbocycles. The van der Waals surface area contributed by atoms with E-state index in [0.717, 1.165) is 16.8 Å². The number of hydrogen-bond donors (Lipinski definition) is 3. The molecule has 4 rings (SSSR count). The summed E-state index contributed by atoms with van der Waals surface area (Å²) in [7, 11) is 1.51. The fourth-order valence-electron chi connectivity index (χ4n) is 3.46. The van der Waals surface area contributed by atoms with Crippen molar-refractivity contribution in [3.63, 3.8) is 0 Å². The Labute approximate surface area is 216 Å². The Morgan fingerprint density at radius 3 is 2.27 bits per heavy atom. The summed E-state index contributed by atoms with van der Waals surface area (Å²) in [4.78, 5) is 38.3. The first kappa shape index (κ1) is 25.8. The number of nitrogens with one attached hydrogen (secondary N) is 3. The molecular formula is C25H18BrF3N4O4. The number of halogens is 4. The van der Waals surface area contributed by atoms with Gasteiger partial charge in [-0.15, -0.1) is 0 Å². The van der Waals surface area contributed by atoms with Gasteiger partial charge >= 0.3 is 18.0 Å². The zero-order valence-electron chi connectivity index (χ0n) is 19.0. The van der Waals surface area contributed by atoms with Crippen LogP contribution in [0.4, 0.5) is 24.5 Å². The number of ether oxygens (including phenoxy) is 1. The summed E-state index contributed by atoms with van der Waals surface area (Å²) < 4.78 is 45.8. The summed E-state index contributed by atoms with van der Waals surface area (Å²) in [5.74, 6) is -2.41. The highest BCUT2D eigenvalue weighted by Crippen LogP contribution is 2.30. The fourth-order valence-corrected chi connectivity index (χ4v) is 3.84. The number of rotatable bonds is 5. The highest BCUT2D eigenvalue weighted by molar-refractivity contribution is 9.10. The van der Waals surface area contributed by atoms with Crippen LogP contribution >= 0.6 is 15.9 Å². The molecule has 12 heteroatoms. The molecule has 1 aromatic heterocycles. The molecule has 4 aromatic rings. The summed E-state index contributed by atoms with van der Waals surface area (Å²) in [6.45, 7) is 0. The van der Waals surface area contributed by atoms with Crippen LogP contribution in [0.2, 0.25) is 0 Å². The molecule has 0 atom stereocenters. The molecule has 8 nitrogen and oxygen atoms in total. The number of benzene rings is 3. The zero-order chi connectivity index (χ0) is 26.7. The van der Waals surface area contributed by atoms with Gasteiger partial charge in [0, 0.05) is 21.2 Å². The lowest BCUT2D eigenvalue weighted by Crippen LogP contribution is -2.36. The molecule has 3 N–H and O–H groups in total. The molecule has 0 radical (unpaired) electrons. The van der Waals surface area contributed by atoms with Gasteiger partial charge < -0.3 is 15.4 Å². The van der Waals surface area contributed by atoms with Gasteiger partial charge in [-0.3, -0.25) is 19.8 Å². The van der Waals surface area contributed by atoms with Crippen molar-refractivity contribution in [1.29, 1.82) is 0 Å². The standard InChI is InChI=1S/C25H18BrF3N4O4/c1-37-19-8-6-17(7-9-19)30-22(34)21-12-14-11-16(26)5-10-20(14)33(21)32-24(36)23(35)31-18-4-2-3-15(13-18)25(27,28)29/h2-13H,1H3,(H,30,34)(H,31,35)(H,32,36). The van der Waals surface area contributed by atoms with Crippen LogP contribution in [0.15, 0.2) is 77.3 Å². The second kappa shape index (κ2) is 10.3. The molecular weight excluding hydrogens is 557 g/mol. The Hall–Kier alpha value is -4.32. The van der Waals surface area contributed by atoms with Crippen molar-refractivity contribution in [2.45, 2.75) is 6.18 Å². The lowest BCUT2D eigenvalue weighted by atomic mass is 10.2. The molecule has 3 aromatic carbocycles. The third-order valence-electron chi connectivity index (χ3n) is 5.21. The quantitative estimate of drug-likeness (QED) is 0.278. The number of carbonyl (C=O) groups is 3. The molecule has 0 fully saturated rings. The van der Waals surface area contributed by atoms with Crippen LogP contribution in [-0.2, 0) is 15.8 Å². The highest BCUT2D eigenvalue weighted by Gasteiger charge is 2.30. The lowest BCUT2D eigenvalue weighted by molar-refractivity contribution is -0.137. The summed E-state index contributed by atoms with van der Waals surface area (Å²) in [5, 5.41) is 5.42. The number of anilines is 2. The maximum absolute atomic E-state index is 13.1. The average molecular weight is 575 g/mol. The molecule has 37 heavy (non-hydrogen) atoms. The topological polar surface area (TPSA) is 101 Å². The minimum atomic E-state index is -4.62. The minimum Gasteiger partial charge on any atom is -0.497 e. The van der Waals surface area contributed by atoms with Gasteiger partial charge in [-0.05, 0) is 66.7 Å². The molecule has 0 aliphatic rings. The van der Waals surface area contributed by atoms with Gasteiger partial charge in [0.05, 0.1) is 18.2 Å². The Morgan fingerprint density at radius 1 is 0.865 bits per heavy atom. The molecule has 0 aliphatic carbocycles. The third-order valence-corrected chi connectivity index (χ3v) is 5.70. The van der Waals surface area contributed by atoms with Crippen molar-refractivity contribution in [2.75, 3.05) is 23.2 Å². The predicted octanol–water partition coefficient (Wildman–Crippen LogP) is 5.39. The molecule has 0 bridgehead atoms. The van der Waals surface area contributed by atoms with E-state index in [1.165, 1.54) is 19.2 Å². The predicted molar refractivity (Wildman–Crippen MR) is 135 cm³/mol. The lowest BCUT2D eigenvalue weighted by Gasteiger charge is -2.13. The van der Waals surface area contributed by atoms with Gasteiger partial charge in [-0.2, -0.15) is 13.2 Å². The van der Waals surface area contributed by atoms with E-state index in [1.54, 1.807) is 42.5 Å². The van der Waals surface area contributed by atoms with Crippen LogP contribution in [0.25, 0.3) is 10.9 Å². The van der Waals surface area contributed by atoms with E-state index >= 15 is 0 Å². The van der Waals surface area contributed by atoms with Crippen LogP contribution in [0.3, 0.4) is 0 Å². The number of carbonyl (C=O) groups excluding carboxylic acids is 3. The number of hydrogen-bond acceptors (Lipinski definition) is 4. The minimum absolute atomic E-state index is 0.00383.